The lowest BCUT2D eigenvalue weighted by Crippen LogP contribution is -2.38. The molecule has 0 aliphatic carbocycles. The Morgan fingerprint density at radius 1 is 0.650 bits per heavy atom. The number of H-pyrrole nitrogens is 2. The lowest BCUT2D eigenvalue weighted by Gasteiger charge is -2.28. The van der Waals surface area contributed by atoms with Crippen molar-refractivity contribution >= 4 is 34.2 Å². The molecule has 16 heteroatoms. The number of nitrogens with zero attached hydrogens (tertiary/aromatic N) is 8. The van der Waals surface area contributed by atoms with Crippen molar-refractivity contribution in [1.82, 2.24) is 38.2 Å². The Hall–Kier alpha value is -4.18. The summed E-state index contributed by atoms with van der Waals surface area (Å²) in [5, 5.41) is 0. The van der Waals surface area contributed by atoms with Gasteiger partial charge in [0, 0.05) is 53.4 Å². The molecular formula is C24H32N10O6. The van der Waals surface area contributed by atoms with Crippen molar-refractivity contribution in [2.75, 3.05) is 62.4 Å². The first kappa shape index (κ1) is 26.1. The van der Waals surface area contributed by atoms with Gasteiger partial charge in [0.2, 0.25) is 11.9 Å². The number of nitrogens with one attached hydrogen (secondary N) is 2. The maximum absolute atomic E-state index is 12.9. The van der Waals surface area contributed by atoms with Crippen molar-refractivity contribution in [1.29, 1.82) is 0 Å². The molecule has 6 rings (SSSR count). The Labute approximate surface area is 226 Å². The van der Waals surface area contributed by atoms with Crippen LogP contribution in [-0.2, 0) is 36.7 Å². The van der Waals surface area contributed by atoms with Gasteiger partial charge in [0.25, 0.3) is 11.1 Å². The van der Waals surface area contributed by atoms with Crippen LogP contribution in [0.4, 0.5) is 11.9 Å². The van der Waals surface area contributed by atoms with E-state index in [-0.39, 0.29) is 0 Å². The highest BCUT2D eigenvalue weighted by atomic mass is 16.5. The molecule has 214 valence electrons. The average Bonchev–Trinajstić information content (AvgIpc) is 3.54. The first-order chi connectivity index (χ1) is 19.3. The van der Waals surface area contributed by atoms with Crippen LogP contribution in [0, 0.1) is 0 Å². The minimum Gasteiger partial charge on any atom is -0.378 e. The summed E-state index contributed by atoms with van der Waals surface area (Å²) in [4.78, 5) is 68.5. The number of unbranched alkanes of at least 4 members (excludes halogenated alkanes) is 1. The molecule has 4 aromatic heterocycles. The van der Waals surface area contributed by atoms with Crippen LogP contribution in [0.5, 0.6) is 0 Å². The Morgan fingerprint density at radius 3 is 1.40 bits per heavy atom. The number of ether oxygens (including phenoxy) is 2. The standard InChI is InChI=1S/C24H32N10O6/c1-29-17-15(19(35)27-23(29)37)33(21(25-17)31-7-11-39-12-8-31)5-3-4-6-34-16-18(30(2)24(38)28-20(16)36)26-22(34)32-9-13-40-14-10-32/h3-14H2,1-2H3,(H,27,35,37)(H,28,36,38). The molecule has 0 radical (unpaired) electrons. The van der Waals surface area contributed by atoms with Crippen LogP contribution in [-0.4, -0.2) is 90.8 Å². The van der Waals surface area contributed by atoms with Crippen molar-refractivity contribution < 1.29 is 9.47 Å². The molecule has 0 amide bonds. The molecule has 6 heterocycles. The van der Waals surface area contributed by atoms with Crippen molar-refractivity contribution in [3.05, 3.63) is 41.7 Å². The van der Waals surface area contributed by atoms with Crippen LogP contribution in [0.3, 0.4) is 0 Å². The van der Waals surface area contributed by atoms with Crippen LogP contribution >= 0.6 is 0 Å². The Morgan fingerprint density at radius 2 is 1.02 bits per heavy atom. The van der Waals surface area contributed by atoms with E-state index >= 15 is 0 Å². The first-order valence-electron chi connectivity index (χ1n) is 13.4. The SMILES string of the molecule is Cn1c(=O)[nH]c(=O)c2c1nc(N1CCOCC1)n2CCCCn1c(N2CCOCC2)nc2c1c(=O)[nH]c(=O)n2C. The highest BCUT2D eigenvalue weighted by molar-refractivity contribution is 5.75. The zero-order valence-electron chi connectivity index (χ0n) is 22.5. The Bertz CT molecular complexity index is 1660. The molecule has 16 nitrogen and oxygen atoms in total. The molecule has 2 N–H and O–H groups in total. The van der Waals surface area contributed by atoms with Gasteiger partial charge in [-0.2, -0.15) is 9.97 Å². The lowest BCUT2D eigenvalue weighted by molar-refractivity contribution is 0.121. The predicted octanol–water partition coefficient (Wildman–Crippen LogP) is -1.69. The first-order valence-corrected chi connectivity index (χ1v) is 13.4. The third-order valence-electron chi connectivity index (χ3n) is 7.58. The van der Waals surface area contributed by atoms with Crippen molar-refractivity contribution in [3.63, 3.8) is 0 Å². The minimum absolute atomic E-state index is 0.331. The van der Waals surface area contributed by atoms with E-state index < -0.39 is 22.5 Å². The van der Waals surface area contributed by atoms with Crippen molar-refractivity contribution in [2.24, 2.45) is 14.1 Å². The summed E-state index contributed by atoms with van der Waals surface area (Å²) >= 11 is 0. The van der Waals surface area contributed by atoms with Crippen molar-refractivity contribution in [3.8, 4) is 0 Å². The monoisotopic (exact) mass is 556 g/mol. The highest BCUT2D eigenvalue weighted by Gasteiger charge is 2.25. The number of hydrogen-bond acceptors (Lipinski definition) is 10. The second-order valence-corrected chi connectivity index (χ2v) is 10.0. The Kier molecular flexibility index (Phi) is 6.79. The van der Waals surface area contributed by atoms with Gasteiger partial charge >= 0.3 is 11.4 Å². The molecule has 0 spiro atoms. The normalized spacial score (nSPS) is 16.4. The van der Waals surface area contributed by atoms with E-state index in [1.54, 1.807) is 14.1 Å². The average molecular weight is 557 g/mol. The smallest absolute Gasteiger partial charge is 0.329 e. The molecule has 0 saturated carbocycles. The van der Waals surface area contributed by atoms with E-state index in [4.69, 9.17) is 19.4 Å². The quantitative estimate of drug-likeness (QED) is 0.251. The molecule has 2 saturated heterocycles. The fraction of sp³-hybridized carbons (Fsp3) is 0.583. The summed E-state index contributed by atoms with van der Waals surface area (Å²) in [5.74, 6) is 1.25. The van der Waals surface area contributed by atoms with Gasteiger partial charge < -0.3 is 28.4 Å². The number of fused-ring (bicyclic) bond motifs is 2. The lowest BCUT2D eigenvalue weighted by atomic mass is 10.3. The molecule has 0 bridgehead atoms. The number of imidazole rings is 2. The third-order valence-corrected chi connectivity index (χ3v) is 7.58. The number of aromatic nitrogens is 8. The molecule has 2 aliphatic heterocycles. The molecule has 4 aromatic rings. The fourth-order valence-corrected chi connectivity index (χ4v) is 5.42. The van der Waals surface area contributed by atoms with Crippen LogP contribution < -0.4 is 32.3 Å². The molecule has 2 aliphatic rings. The maximum Gasteiger partial charge on any atom is 0.329 e. The van der Waals surface area contributed by atoms with Gasteiger partial charge in [0.15, 0.2) is 22.3 Å². The number of aryl methyl sites for hydroxylation is 4. The van der Waals surface area contributed by atoms with Gasteiger partial charge in [-0.25, -0.2) is 9.59 Å². The molecule has 40 heavy (non-hydrogen) atoms. The van der Waals surface area contributed by atoms with Crippen molar-refractivity contribution in [2.45, 2.75) is 25.9 Å². The topological polar surface area (TPSA) is 170 Å². The van der Waals surface area contributed by atoms with Gasteiger partial charge in [0.1, 0.15) is 0 Å². The van der Waals surface area contributed by atoms with E-state index in [9.17, 15) is 19.2 Å². The molecule has 0 aromatic carbocycles. The number of rotatable bonds is 7. The molecule has 0 unspecified atom stereocenters. The zero-order valence-corrected chi connectivity index (χ0v) is 22.5. The summed E-state index contributed by atoms with van der Waals surface area (Å²) in [6, 6.07) is 0. The Balaban J connectivity index is 1.32. The second-order valence-electron chi connectivity index (χ2n) is 10.0. The highest BCUT2D eigenvalue weighted by Crippen LogP contribution is 2.24. The third kappa shape index (κ3) is 4.42. The molecule has 0 atom stereocenters. The van der Waals surface area contributed by atoms with Gasteiger partial charge in [-0.1, -0.05) is 0 Å². The fourth-order valence-electron chi connectivity index (χ4n) is 5.42. The zero-order chi connectivity index (χ0) is 28.0. The van der Waals surface area contributed by atoms with Crippen LogP contribution in [0.25, 0.3) is 22.3 Å². The second kappa shape index (κ2) is 10.4. The molecule has 2 fully saturated rings. The summed E-state index contributed by atoms with van der Waals surface area (Å²) in [5.41, 5.74) is -0.638. The number of anilines is 2. The van der Waals surface area contributed by atoms with Crippen LogP contribution in [0.1, 0.15) is 12.8 Å². The van der Waals surface area contributed by atoms with E-state index in [0.717, 1.165) is 0 Å². The minimum atomic E-state index is -0.516. The predicted molar refractivity (Wildman–Crippen MR) is 146 cm³/mol. The number of hydrogen-bond donors (Lipinski definition) is 2. The van der Waals surface area contributed by atoms with Gasteiger partial charge in [-0.05, 0) is 12.8 Å². The van der Waals surface area contributed by atoms with Crippen LogP contribution in [0.15, 0.2) is 19.2 Å². The number of aromatic amines is 2. The summed E-state index contributed by atoms with van der Waals surface area (Å²) < 4.78 is 17.4. The van der Waals surface area contributed by atoms with E-state index in [1.165, 1.54) is 9.13 Å². The maximum atomic E-state index is 12.9. The van der Waals surface area contributed by atoms with Crippen LogP contribution in [0.2, 0.25) is 0 Å². The van der Waals surface area contributed by atoms with E-state index in [1.807, 2.05) is 9.13 Å². The van der Waals surface area contributed by atoms with Gasteiger partial charge in [0.05, 0.1) is 26.4 Å². The van der Waals surface area contributed by atoms with Gasteiger partial charge in [-0.3, -0.25) is 28.7 Å². The number of morpholine rings is 2. The molecular weight excluding hydrogens is 524 g/mol. The van der Waals surface area contributed by atoms with E-state index in [2.05, 4.69) is 19.8 Å². The van der Waals surface area contributed by atoms with Gasteiger partial charge in [-0.15, -0.1) is 0 Å². The summed E-state index contributed by atoms with van der Waals surface area (Å²) in [6.07, 6.45) is 1.30. The van der Waals surface area contributed by atoms with E-state index in [0.29, 0.717) is 113 Å². The summed E-state index contributed by atoms with van der Waals surface area (Å²) in [7, 11) is 3.17. The summed E-state index contributed by atoms with van der Waals surface area (Å²) in [6.45, 7) is 5.64. The largest absolute Gasteiger partial charge is 0.378 e.